The zero-order valence-corrected chi connectivity index (χ0v) is 6.17. The Morgan fingerprint density at radius 1 is 1.64 bits per heavy atom. The molecule has 0 aliphatic carbocycles. The highest BCUT2D eigenvalue weighted by molar-refractivity contribution is 5.59. The van der Waals surface area contributed by atoms with Gasteiger partial charge in [-0.25, -0.2) is 8.78 Å². The molecular formula is C7H11F2NO. The average Bonchev–Trinajstić information content (AvgIpc) is 1.86. The van der Waals surface area contributed by atoms with Crippen LogP contribution < -0.4 is 0 Å². The summed E-state index contributed by atoms with van der Waals surface area (Å²) in [5.74, 6) is 0. The number of likely N-dealkylation sites (tertiary alicyclic amines) is 1. The smallest absolute Gasteiger partial charge is 0.239 e. The highest BCUT2D eigenvalue weighted by Gasteiger charge is 2.27. The topological polar surface area (TPSA) is 20.3 Å². The van der Waals surface area contributed by atoms with E-state index in [-0.39, 0.29) is 12.5 Å². The van der Waals surface area contributed by atoms with Crippen LogP contribution in [0.4, 0.5) is 8.78 Å². The van der Waals surface area contributed by atoms with Gasteiger partial charge in [-0.2, -0.15) is 0 Å². The molecule has 4 heteroatoms. The lowest BCUT2D eigenvalue weighted by Crippen LogP contribution is -2.49. The number of carbonyl (C=O) groups is 1. The van der Waals surface area contributed by atoms with Gasteiger partial charge in [-0.3, -0.25) is 4.90 Å². The molecule has 1 rings (SSSR count). The molecule has 0 spiro atoms. The summed E-state index contributed by atoms with van der Waals surface area (Å²) in [6, 6.07) is -0.0891. The lowest BCUT2D eigenvalue weighted by atomic mass is 10.1. The highest BCUT2D eigenvalue weighted by atomic mass is 19.3. The van der Waals surface area contributed by atoms with Gasteiger partial charge in [-0.1, -0.05) is 0 Å². The number of rotatable bonds is 4. The van der Waals surface area contributed by atoms with Crippen LogP contribution in [0.15, 0.2) is 0 Å². The van der Waals surface area contributed by atoms with E-state index in [1.54, 1.807) is 4.90 Å². The van der Waals surface area contributed by atoms with E-state index >= 15 is 0 Å². The Labute approximate surface area is 64.2 Å². The summed E-state index contributed by atoms with van der Waals surface area (Å²) in [6.07, 6.45) is -0.714. The Hall–Kier alpha value is -0.510. The predicted octanol–water partition coefficient (Wildman–Crippen LogP) is 0.915. The molecule has 11 heavy (non-hydrogen) atoms. The number of nitrogens with zero attached hydrogens (tertiary/aromatic N) is 1. The Morgan fingerprint density at radius 2 is 2.36 bits per heavy atom. The average molecular weight is 163 g/mol. The fourth-order valence-corrected chi connectivity index (χ4v) is 1.16. The molecule has 1 fully saturated rings. The monoisotopic (exact) mass is 163 g/mol. The first-order chi connectivity index (χ1) is 5.24. The molecule has 1 aliphatic rings. The Kier molecular flexibility index (Phi) is 2.93. The third-order valence-electron chi connectivity index (χ3n) is 1.97. The Morgan fingerprint density at radius 3 is 2.73 bits per heavy atom. The number of hydrogen-bond donors (Lipinski definition) is 0. The summed E-state index contributed by atoms with van der Waals surface area (Å²) >= 11 is 0. The van der Waals surface area contributed by atoms with Crippen molar-refractivity contribution in [3.63, 3.8) is 0 Å². The van der Waals surface area contributed by atoms with Crippen LogP contribution in [0.1, 0.15) is 12.8 Å². The van der Waals surface area contributed by atoms with E-state index in [0.717, 1.165) is 19.3 Å². The van der Waals surface area contributed by atoms with E-state index in [1.807, 2.05) is 0 Å². The molecule has 0 aromatic carbocycles. The van der Waals surface area contributed by atoms with Gasteiger partial charge in [-0.05, 0) is 6.42 Å². The maximum absolute atomic E-state index is 11.7. The quantitative estimate of drug-likeness (QED) is 0.574. The molecular weight excluding hydrogens is 152 g/mol. The molecule has 1 unspecified atom stereocenters. The maximum atomic E-state index is 11.7. The standard InChI is InChI=1S/C7H11F2NO/c8-7(9)2-4-10-3-1-6(10)5-11/h5-7H,1-4H2. The SMILES string of the molecule is O=CC1CCN1CCC(F)F. The van der Waals surface area contributed by atoms with Gasteiger partial charge in [-0.15, -0.1) is 0 Å². The normalized spacial score (nSPS) is 25.2. The fourth-order valence-electron chi connectivity index (χ4n) is 1.16. The van der Waals surface area contributed by atoms with Gasteiger partial charge in [0.25, 0.3) is 0 Å². The lowest BCUT2D eigenvalue weighted by molar-refractivity contribution is -0.116. The second kappa shape index (κ2) is 3.76. The first kappa shape index (κ1) is 8.59. The van der Waals surface area contributed by atoms with Crippen molar-refractivity contribution >= 4 is 6.29 Å². The molecule has 0 aromatic rings. The second-order valence-electron chi connectivity index (χ2n) is 2.71. The number of alkyl halides is 2. The summed E-state index contributed by atoms with van der Waals surface area (Å²) in [5, 5.41) is 0. The zero-order chi connectivity index (χ0) is 8.27. The molecule has 0 aromatic heterocycles. The van der Waals surface area contributed by atoms with Gasteiger partial charge >= 0.3 is 0 Å². The molecule has 2 nitrogen and oxygen atoms in total. The number of aldehydes is 1. The minimum absolute atomic E-state index is 0.0891. The van der Waals surface area contributed by atoms with Crippen LogP contribution in [0, 0.1) is 0 Å². The van der Waals surface area contributed by atoms with E-state index in [0.29, 0.717) is 6.54 Å². The van der Waals surface area contributed by atoms with Gasteiger partial charge in [0.2, 0.25) is 6.43 Å². The third kappa shape index (κ3) is 2.22. The van der Waals surface area contributed by atoms with Crippen molar-refractivity contribution in [1.82, 2.24) is 4.90 Å². The van der Waals surface area contributed by atoms with Crippen LogP contribution in [0.2, 0.25) is 0 Å². The van der Waals surface area contributed by atoms with E-state index in [4.69, 9.17) is 0 Å². The zero-order valence-electron chi connectivity index (χ0n) is 6.17. The van der Waals surface area contributed by atoms with Crippen molar-refractivity contribution in [3.05, 3.63) is 0 Å². The van der Waals surface area contributed by atoms with Crippen LogP contribution in [-0.4, -0.2) is 36.7 Å². The van der Waals surface area contributed by atoms with Crippen molar-refractivity contribution in [1.29, 1.82) is 0 Å². The molecule has 0 saturated carbocycles. The van der Waals surface area contributed by atoms with Gasteiger partial charge < -0.3 is 4.79 Å². The largest absolute Gasteiger partial charge is 0.302 e. The molecule has 1 heterocycles. The van der Waals surface area contributed by atoms with Gasteiger partial charge in [0.1, 0.15) is 6.29 Å². The van der Waals surface area contributed by atoms with Crippen LogP contribution >= 0.6 is 0 Å². The third-order valence-corrected chi connectivity index (χ3v) is 1.97. The Bertz CT molecular complexity index is 140. The van der Waals surface area contributed by atoms with Crippen molar-refractivity contribution in [2.45, 2.75) is 25.3 Å². The van der Waals surface area contributed by atoms with Gasteiger partial charge in [0.05, 0.1) is 6.04 Å². The van der Waals surface area contributed by atoms with E-state index in [1.165, 1.54) is 0 Å². The minimum Gasteiger partial charge on any atom is -0.302 e. The molecule has 0 N–H and O–H groups in total. The lowest BCUT2D eigenvalue weighted by Gasteiger charge is -2.37. The van der Waals surface area contributed by atoms with Crippen molar-refractivity contribution in [2.75, 3.05) is 13.1 Å². The van der Waals surface area contributed by atoms with Crippen molar-refractivity contribution in [3.8, 4) is 0 Å². The highest BCUT2D eigenvalue weighted by Crippen LogP contribution is 2.16. The van der Waals surface area contributed by atoms with E-state index in [2.05, 4.69) is 0 Å². The van der Waals surface area contributed by atoms with Crippen LogP contribution in [0.5, 0.6) is 0 Å². The first-order valence-electron chi connectivity index (χ1n) is 3.71. The summed E-state index contributed by atoms with van der Waals surface area (Å²) < 4.78 is 23.3. The van der Waals surface area contributed by atoms with E-state index < -0.39 is 6.43 Å². The van der Waals surface area contributed by atoms with Crippen molar-refractivity contribution in [2.24, 2.45) is 0 Å². The number of carbonyl (C=O) groups excluding carboxylic acids is 1. The van der Waals surface area contributed by atoms with Crippen molar-refractivity contribution < 1.29 is 13.6 Å². The molecule has 0 bridgehead atoms. The van der Waals surface area contributed by atoms with Crippen LogP contribution in [-0.2, 0) is 4.79 Å². The van der Waals surface area contributed by atoms with E-state index in [9.17, 15) is 13.6 Å². The molecule has 64 valence electrons. The summed E-state index contributed by atoms with van der Waals surface area (Å²) in [4.78, 5) is 12.0. The predicted molar refractivity (Wildman–Crippen MR) is 36.7 cm³/mol. The summed E-state index contributed by atoms with van der Waals surface area (Å²) in [7, 11) is 0. The molecule has 1 atom stereocenters. The Balaban J connectivity index is 2.12. The van der Waals surface area contributed by atoms with Gasteiger partial charge in [0, 0.05) is 19.5 Å². The summed E-state index contributed by atoms with van der Waals surface area (Å²) in [6.45, 7) is 1.14. The molecule has 0 radical (unpaired) electrons. The molecule has 1 saturated heterocycles. The number of halogens is 2. The maximum Gasteiger partial charge on any atom is 0.239 e. The summed E-state index contributed by atoms with van der Waals surface area (Å²) in [5.41, 5.74) is 0. The fraction of sp³-hybridized carbons (Fsp3) is 0.857. The number of hydrogen-bond acceptors (Lipinski definition) is 2. The minimum atomic E-state index is -2.25. The second-order valence-corrected chi connectivity index (χ2v) is 2.71. The molecule has 1 aliphatic heterocycles. The molecule has 0 amide bonds. The van der Waals surface area contributed by atoms with Gasteiger partial charge in [0.15, 0.2) is 0 Å². The van der Waals surface area contributed by atoms with Crippen LogP contribution in [0.3, 0.4) is 0 Å². The first-order valence-corrected chi connectivity index (χ1v) is 3.71. The van der Waals surface area contributed by atoms with Crippen LogP contribution in [0.25, 0.3) is 0 Å².